The molecule has 0 fully saturated rings. The van der Waals surface area contributed by atoms with Crippen LogP contribution in [-0.4, -0.2) is 53.9 Å². The number of allylic oxidation sites excluding steroid dienone is 1. The molecule has 0 spiro atoms. The highest BCUT2D eigenvalue weighted by molar-refractivity contribution is 7.93. The summed E-state index contributed by atoms with van der Waals surface area (Å²) < 4.78 is 56.5. The fourth-order valence-electron chi connectivity index (χ4n) is 3.63. The summed E-state index contributed by atoms with van der Waals surface area (Å²) in [6.07, 6.45) is 0. The van der Waals surface area contributed by atoms with E-state index in [1.807, 2.05) is 18.2 Å². The second-order valence-corrected chi connectivity index (χ2v) is 11.6. The van der Waals surface area contributed by atoms with E-state index in [-0.39, 0.29) is 17.5 Å². The molecular weight excluding hydrogens is 478 g/mol. The van der Waals surface area contributed by atoms with Gasteiger partial charge in [-0.1, -0.05) is 30.3 Å². The Kier molecular flexibility index (Phi) is 7.22. The molecule has 1 aliphatic heterocycles. The van der Waals surface area contributed by atoms with Gasteiger partial charge in [0, 0.05) is 7.05 Å². The molecule has 3 aromatic rings. The normalized spacial score (nSPS) is 14.1. The SMILES string of the molecule is CC1=C(S(=O)(=O)n2nc(C)cc2C)N(C)CO1.Cc1cc(C)n(S(=O)(=O)Cc2ccccc2)n1. The van der Waals surface area contributed by atoms with E-state index in [1.165, 1.54) is 0 Å². The molecule has 3 heterocycles. The second-order valence-electron chi connectivity index (χ2n) is 8.12. The molecule has 34 heavy (non-hydrogen) atoms. The van der Waals surface area contributed by atoms with Gasteiger partial charge in [0.05, 0.1) is 28.5 Å². The van der Waals surface area contributed by atoms with Gasteiger partial charge in [-0.2, -0.15) is 26.8 Å². The van der Waals surface area contributed by atoms with E-state index in [2.05, 4.69) is 10.2 Å². The number of aryl methyl sites for hydroxylation is 4. The summed E-state index contributed by atoms with van der Waals surface area (Å²) in [6.45, 7) is 8.88. The Morgan fingerprint density at radius 2 is 1.38 bits per heavy atom. The Bertz CT molecular complexity index is 1420. The van der Waals surface area contributed by atoms with Crippen molar-refractivity contribution in [2.45, 2.75) is 40.4 Å². The van der Waals surface area contributed by atoms with E-state index in [9.17, 15) is 16.8 Å². The Morgan fingerprint density at radius 1 is 0.853 bits per heavy atom. The van der Waals surface area contributed by atoms with Gasteiger partial charge in [0.1, 0.15) is 5.76 Å². The third kappa shape index (κ3) is 5.33. The average molecular weight is 508 g/mol. The molecular formula is C22H29N5O5S2. The third-order valence-corrected chi connectivity index (χ3v) is 8.49. The van der Waals surface area contributed by atoms with Crippen LogP contribution in [0.1, 0.15) is 35.3 Å². The first-order valence-electron chi connectivity index (χ1n) is 10.5. The predicted octanol–water partition coefficient (Wildman–Crippen LogP) is 2.66. The third-order valence-electron chi connectivity index (χ3n) is 4.99. The van der Waals surface area contributed by atoms with Gasteiger partial charge >= 0.3 is 10.0 Å². The Hall–Kier alpha value is -3.12. The van der Waals surface area contributed by atoms with E-state index in [0.717, 1.165) is 13.7 Å². The van der Waals surface area contributed by atoms with Crippen molar-refractivity contribution in [3.63, 3.8) is 0 Å². The van der Waals surface area contributed by atoms with E-state index in [0.29, 0.717) is 28.5 Å². The minimum atomic E-state index is -3.66. The minimum absolute atomic E-state index is 0.0319. The van der Waals surface area contributed by atoms with Gasteiger partial charge in [-0.3, -0.25) is 0 Å². The zero-order valence-electron chi connectivity index (χ0n) is 20.0. The van der Waals surface area contributed by atoms with Crippen molar-refractivity contribution in [3.05, 3.63) is 81.6 Å². The molecule has 0 aliphatic carbocycles. The van der Waals surface area contributed by atoms with Gasteiger partial charge in [-0.05, 0) is 52.3 Å². The van der Waals surface area contributed by atoms with E-state index >= 15 is 0 Å². The first-order valence-corrected chi connectivity index (χ1v) is 13.5. The molecule has 2 aromatic heterocycles. The number of hydrogen-bond acceptors (Lipinski definition) is 8. The molecule has 4 rings (SSSR count). The molecule has 0 saturated carbocycles. The molecule has 1 aromatic carbocycles. The van der Waals surface area contributed by atoms with Gasteiger partial charge in [0.15, 0.2) is 11.8 Å². The lowest BCUT2D eigenvalue weighted by atomic mass is 10.2. The summed E-state index contributed by atoms with van der Waals surface area (Å²) in [4.78, 5) is 1.56. The topological polar surface area (TPSA) is 116 Å². The fraction of sp³-hybridized carbons (Fsp3) is 0.364. The molecule has 0 radical (unpaired) electrons. The quantitative estimate of drug-likeness (QED) is 0.518. The van der Waals surface area contributed by atoms with Crippen molar-refractivity contribution in [3.8, 4) is 0 Å². The maximum absolute atomic E-state index is 12.4. The van der Waals surface area contributed by atoms with Crippen molar-refractivity contribution in [2.75, 3.05) is 13.8 Å². The molecule has 0 bridgehead atoms. The minimum Gasteiger partial charge on any atom is -0.475 e. The van der Waals surface area contributed by atoms with Gasteiger partial charge in [0.2, 0.25) is 0 Å². The molecule has 0 saturated heterocycles. The van der Waals surface area contributed by atoms with Crippen molar-refractivity contribution in [1.29, 1.82) is 0 Å². The molecule has 0 unspecified atom stereocenters. The summed E-state index contributed by atoms with van der Waals surface area (Å²) in [7, 11) is -5.40. The highest BCUT2D eigenvalue weighted by Crippen LogP contribution is 2.25. The highest BCUT2D eigenvalue weighted by atomic mass is 32.2. The van der Waals surface area contributed by atoms with Crippen LogP contribution in [-0.2, 0) is 30.5 Å². The van der Waals surface area contributed by atoms with Crippen LogP contribution >= 0.6 is 0 Å². The van der Waals surface area contributed by atoms with Gasteiger partial charge in [-0.15, -0.1) is 0 Å². The first kappa shape index (κ1) is 25.5. The Labute approximate surface area is 200 Å². The number of hydrogen-bond donors (Lipinski definition) is 0. The summed E-state index contributed by atoms with van der Waals surface area (Å²) >= 11 is 0. The zero-order valence-corrected chi connectivity index (χ0v) is 21.7. The lowest BCUT2D eigenvalue weighted by molar-refractivity contribution is 0.169. The summed E-state index contributed by atoms with van der Waals surface area (Å²) in [5.74, 6) is 0.371. The molecule has 1 aliphatic rings. The van der Waals surface area contributed by atoms with Crippen LogP contribution < -0.4 is 0 Å². The number of benzene rings is 1. The molecule has 0 N–H and O–H groups in total. The Morgan fingerprint density at radius 3 is 1.82 bits per heavy atom. The highest BCUT2D eigenvalue weighted by Gasteiger charge is 2.33. The van der Waals surface area contributed by atoms with Crippen LogP contribution in [0.15, 0.2) is 53.3 Å². The predicted molar refractivity (Wildman–Crippen MR) is 129 cm³/mol. The second kappa shape index (κ2) is 9.63. The molecule has 184 valence electrons. The van der Waals surface area contributed by atoms with Crippen molar-refractivity contribution in [2.24, 2.45) is 0 Å². The number of ether oxygens (including phenoxy) is 1. The van der Waals surface area contributed by atoms with Crippen molar-refractivity contribution in [1.82, 2.24) is 23.3 Å². The van der Waals surface area contributed by atoms with E-state index in [4.69, 9.17) is 4.74 Å². The maximum Gasteiger partial charge on any atom is 0.302 e. The average Bonchev–Trinajstić information content (AvgIpc) is 3.39. The first-order chi connectivity index (χ1) is 15.8. The summed E-state index contributed by atoms with van der Waals surface area (Å²) in [6, 6.07) is 12.6. The van der Waals surface area contributed by atoms with Crippen LogP contribution in [0.25, 0.3) is 0 Å². The van der Waals surface area contributed by atoms with Crippen LogP contribution in [0, 0.1) is 27.7 Å². The molecule has 0 atom stereocenters. The monoisotopic (exact) mass is 507 g/mol. The van der Waals surface area contributed by atoms with Crippen LogP contribution in [0.4, 0.5) is 0 Å². The van der Waals surface area contributed by atoms with E-state index in [1.54, 1.807) is 70.8 Å². The number of nitrogens with zero attached hydrogens (tertiary/aromatic N) is 5. The standard InChI is InChI=1S/C12H14N2O2S.C10H15N3O3S/c1-10-8-11(2)14(13-10)17(15,16)9-12-6-4-3-5-7-12;1-7-5-8(2)13(11-7)17(14,15)10-9(3)16-6-12(10)4/h3-8H,9H2,1-2H3;5H,6H2,1-4H3. The number of rotatable bonds is 5. The summed E-state index contributed by atoms with van der Waals surface area (Å²) in [5.41, 5.74) is 3.37. The molecule has 12 heteroatoms. The van der Waals surface area contributed by atoms with E-state index < -0.39 is 20.0 Å². The molecule has 0 amide bonds. The van der Waals surface area contributed by atoms with Gasteiger partial charge < -0.3 is 9.64 Å². The van der Waals surface area contributed by atoms with Crippen molar-refractivity contribution < 1.29 is 21.6 Å². The lowest BCUT2D eigenvalue weighted by Gasteiger charge is -2.14. The molecule has 10 nitrogen and oxygen atoms in total. The zero-order chi connectivity index (χ0) is 25.3. The maximum atomic E-state index is 12.4. The van der Waals surface area contributed by atoms with Crippen LogP contribution in [0.2, 0.25) is 0 Å². The van der Waals surface area contributed by atoms with Crippen LogP contribution in [0.5, 0.6) is 0 Å². The lowest BCUT2D eigenvalue weighted by Crippen LogP contribution is -2.26. The fourth-order valence-corrected chi connectivity index (χ4v) is 6.81. The smallest absolute Gasteiger partial charge is 0.302 e. The number of aromatic nitrogens is 4. The van der Waals surface area contributed by atoms with Gasteiger partial charge in [0.25, 0.3) is 10.0 Å². The summed E-state index contributed by atoms with van der Waals surface area (Å²) in [5, 5.41) is 8.18. The van der Waals surface area contributed by atoms with Crippen molar-refractivity contribution >= 4 is 20.0 Å². The largest absolute Gasteiger partial charge is 0.475 e. The van der Waals surface area contributed by atoms with Crippen LogP contribution in [0.3, 0.4) is 0 Å². The Balaban J connectivity index is 0.000000191. The van der Waals surface area contributed by atoms with Gasteiger partial charge in [-0.25, -0.2) is 8.42 Å².